The smallest absolute Gasteiger partial charge is 0.307 e. The van der Waals surface area contributed by atoms with E-state index in [1.54, 1.807) is 25.6 Å². The first-order valence-electron chi connectivity index (χ1n) is 11.3. The van der Waals surface area contributed by atoms with E-state index in [1.807, 2.05) is 24.3 Å². The fourth-order valence-corrected chi connectivity index (χ4v) is 5.27. The number of methoxy groups -OCH3 is 2. The van der Waals surface area contributed by atoms with Crippen LogP contribution in [0.25, 0.3) is 0 Å². The molecule has 6 heteroatoms. The molecule has 2 heterocycles. The van der Waals surface area contributed by atoms with Crippen LogP contribution in [-0.2, 0) is 10.2 Å². The first-order chi connectivity index (χ1) is 16.6. The summed E-state index contributed by atoms with van der Waals surface area (Å²) < 4.78 is 10.8. The molecule has 0 spiro atoms. The Bertz CT molecular complexity index is 1100. The molecule has 1 aliphatic heterocycles. The van der Waals surface area contributed by atoms with Crippen molar-refractivity contribution in [3.63, 3.8) is 0 Å². The minimum atomic E-state index is -0.721. The third kappa shape index (κ3) is 4.96. The van der Waals surface area contributed by atoms with Gasteiger partial charge in [-0.25, -0.2) is 0 Å². The van der Waals surface area contributed by atoms with E-state index < -0.39 is 11.4 Å². The fourth-order valence-electron chi connectivity index (χ4n) is 4.56. The van der Waals surface area contributed by atoms with E-state index in [1.165, 1.54) is 0 Å². The lowest BCUT2D eigenvalue weighted by Crippen LogP contribution is -2.39. The number of rotatable bonds is 7. The molecule has 1 aromatic heterocycles. The Hall–Kier alpha value is -3.27. The molecular formula is C28H29NO4S. The third-order valence-electron chi connectivity index (χ3n) is 6.43. The highest BCUT2D eigenvalue weighted by molar-refractivity contribution is 7.08. The highest BCUT2D eigenvalue weighted by atomic mass is 32.1. The van der Waals surface area contributed by atoms with Gasteiger partial charge in [-0.1, -0.05) is 36.1 Å². The van der Waals surface area contributed by atoms with Gasteiger partial charge in [-0.05, 0) is 77.2 Å². The maximum Gasteiger partial charge on any atom is 0.307 e. The number of carbonyl (C=O) groups is 1. The first-order valence-corrected chi connectivity index (χ1v) is 12.3. The monoisotopic (exact) mass is 475 g/mol. The number of nitrogens with zero attached hydrogens (tertiary/aromatic N) is 1. The van der Waals surface area contributed by atoms with Crippen LogP contribution in [0.5, 0.6) is 11.5 Å². The van der Waals surface area contributed by atoms with Crippen molar-refractivity contribution in [2.45, 2.75) is 18.3 Å². The number of ether oxygens (including phenoxy) is 2. The molecule has 1 atom stereocenters. The van der Waals surface area contributed by atoms with Gasteiger partial charge in [0.05, 0.1) is 26.7 Å². The van der Waals surface area contributed by atoms with E-state index in [0.29, 0.717) is 13.1 Å². The largest absolute Gasteiger partial charge is 0.497 e. The number of carboxylic acids is 1. The number of thiophene rings is 1. The SMILES string of the molecule is COc1ccc(C(C#CCN2CCCC(C(=O)O)C2)(c2ccc(OC)cc2)c2ccsc2)cc1. The van der Waals surface area contributed by atoms with Gasteiger partial charge in [-0.3, -0.25) is 9.69 Å². The van der Waals surface area contributed by atoms with Crippen LogP contribution in [0.3, 0.4) is 0 Å². The first kappa shape index (κ1) is 23.9. The molecule has 0 aliphatic carbocycles. The average Bonchev–Trinajstić information content (AvgIpc) is 3.42. The van der Waals surface area contributed by atoms with Crippen molar-refractivity contribution in [3.05, 3.63) is 82.0 Å². The van der Waals surface area contributed by atoms with Gasteiger partial charge >= 0.3 is 5.97 Å². The van der Waals surface area contributed by atoms with Gasteiger partial charge in [0.2, 0.25) is 0 Å². The molecule has 1 fully saturated rings. The summed E-state index contributed by atoms with van der Waals surface area (Å²) in [5.74, 6) is 7.58. The zero-order chi connectivity index (χ0) is 24.0. The Labute approximate surface area is 205 Å². The van der Waals surface area contributed by atoms with Crippen LogP contribution in [0.15, 0.2) is 65.4 Å². The molecule has 5 nitrogen and oxygen atoms in total. The van der Waals surface area contributed by atoms with Gasteiger partial charge in [0.1, 0.15) is 16.9 Å². The molecule has 0 bridgehead atoms. The molecule has 1 unspecified atom stereocenters. The number of hydrogen-bond acceptors (Lipinski definition) is 5. The summed E-state index contributed by atoms with van der Waals surface area (Å²) in [7, 11) is 3.32. The van der Waals surface area contributed by atoms with Gasteiger partial charge in [-0.15, -0.1) is 0 Å². The summed E-state index contributed by atoms with van der Waals surface area (Å²) in [5.41, 5.74) is 2.51. The maximum atomic E-state index is 11.5. The molecule has 1 N–H and O–H groups in total. The van der Waals surface area contributed by atoms with Crippen LogP contribution in [-0.4, -0.2) is 49.8 Å². The zero-order valence-corrected chi connectivity index (χ0v) is 20.3. The fraction of sp³-hybridized carbons (Fsp3) is 0.321. The summed E-state index contributed by atoms with van der Waals surface area (Å²) >= 11 is 1.64. The van der Waals surface area contributed by atoms with Gasteiger partial charge in [0.15, 0.2) is 0 Å². The van der Waals surface area contributed by atoms with Crippen molar-refractivity contribution < 1.29 is 19.4 Å². The molecule has 2 aromatic carbocycles. The average molecular weight is 476 g/mol. The van der Waals surface area contributed by atoms with Crippen LogP contribution in [0, 0.1) is 17.8 Å². The molecule has 0 saturated carbocycles. The summed E-state index contributed by atoms with van der Waals surface area (Å²) in [6, 6.07) is 18.2. The Balaban J connectivity index is 1.78. The van der Waals surface area contributed by atoms with Crippen LogP contribution >= 0.6 is 11.3 Å². The molecule has 1 aliphatic rings. The highest BCUT2D eigenvalue weighted by Gasteiger charge is 2.35. The van der Waals surface area contributed by atoms with Crippen LogP contribution < -0.4 is 9.47 Å². The Morgan fingerprint density at radius 2 is 1.65 bits per heavy atom. The molecule has 176 valence electrons. The molecule has 0 radical (unpaired) electrons. The summed E-state index contributed by atoms with van der Waals surface area (Å²) in [4.78, 5) is 13.6. The molecule has 3 aromatic rings. The van der Waals surface area contributed by atoms with E-state index >= 15 is 0 Å². The number of piperidine rings is 1. The summed E-state index contributed by atoms with van der Waals surface area (Å²) in [6.45, 7) is 1.94. The maximum absolute atomic E-state index is 11.5. The van der Waals surface area contributed by atoms with Gasteiger partial charge in [-0.2, -0.15) is 11.3 Å². The van der Waals surface area contributed by atoms with E-state index in [4.69, 9.17) is 9.47 Å². The summed E-state index contributed by atoms with van der Waals surface area (Å²) in [5, 5.41) is 13.7. The van der Waals surface area contributed by atoms with Crippen molar-refractivity contribution in [2.75, 3.05) is 33.9 Å². The van der Waals surface area contributed by atoms with Crippen LogP contribution in [0.4, 0.5) is 0 Å². The topological polar surface area (TPSA) is 59.0 Å². The number of benzene rings is 2. The van der Waals surface area contributed by atoms with E-state index in [2.05, 4.69) is 57.8 Å². The highest BCUT2D eigenvalue weighted by Crippen LogP contribution is 2.41. The van der Waals surface area contributed by atoms with E-state index in [0.717, 1.165) is 47.6 Å². The summed E-state index contributed by atoms with van der Waals surface area (Å²) in [6.07, 6.45) is 1.61. The number of aliphatic carboxylic acids is 1. The number of carboxylic acid groups (broad SMARTS) is 1. The second kappa shape index (κ2) is 10.8. The minimum absolute atomic E-state index is 0.319. The Morgan fingerprint density at radius 1 is 1.03 bits per heavy atom. The van der Waals surface area contributed by atoms with Crippen molar-refractivity contribution in [2.24, 2.45) is 5.92 Å². The Kier molecular flexibility index (Phi) is 7.56. The van der Waals surface area contributed by atoms with E-state index in [-0.39, 0.29) is 5.92 Å². The molecular weight excluding hydrogens is 446 g/mol. The predicted molar refractivity (Wildman–Crippen MR) is 135 cm³/mol. The second-order valence-electron chi connectivity index (χ2n) is 8.43. The second-order valence-corrected chi connectivity index (χ2v) is 9.21. The van der Waals surface area contributed by atoms with Crippen LogP contribution in [0.1, 0.15) is 29.5 Å². The van der Waals surface area contributed by atoms with Crippen molar-refractivity contribution >= 4 is 17.3 Å². The minimum Gasteiger partial charge on any atom is -0.497 e. The number of likely N-dealkylation sites (tertiary alicyclic amines) is 1. The normalized spacial score (nSPS) is 16.4. The quantitative estimate of drug-likeness (QED) is 0.493. The lowest BCUT2D eigenvalue weighted by Gasteiger charge is -2.31. The number of hydrogen-bond donors (Lipinski definition) is 1. The molecule has 1 saturated heterocycles. The van der Waals surface area contributed by atoms with Gasteiger partial charge < -0.3 is 14.6 Å². The zero-order valence-electron chi connectivity index (χ0n) is 19.5. The third-order valence-corrected chi connectivity index (χ3v) is 7.12. The van der Waals surface area contributed by atoms with E-state index in [9.17, 15) is 9.90 Å². The lowest BCUT2D eigenvalue weighted by molar-refractivity contribution is -0.143. The lowest BCUT2D eigenvalue weighted by atomic mass is 9.71. The Morgan fingerprint density at radius 3 is 2.15 bits per heavy atom. The molecule has 4 rings (SSSR count). The van der Waals surface area contributed by atoms with Gasteiger partial charge in [0.25, 0.3) is 0 Å². The molecule has 0 amide bonds. The molecule has 34 heavy (non-hydrogen) atoms. The van der Waals surface area contributed by atoms with Crippen LogP contribution in [0.2, 0.25) is 0 Å². The van der Waals surface area contributed by atoms with Crippen molar-refractivity contribution in [1.29, 1.82) is 0 Å². The van der Waals surface area contributed by atoms with Crippen molar-refractivity contribution in [3.8, 4) is 23.3 Å². The standard InChI is InChI=1S/C28H29NO4S/c1-32-25-10-6-22(7-11-25)28(24-14-18-34-20-24,23-8-12-26(33-2)13-9-23)15-4-17-29-16-3-5-21(19-29)27(30)31/h6-14,18,20-21H,3,5,16-17,19H2,1-2H3,(H,30,31). The van der Waals surface area contributed by atoms with Crippen molar-refractivity contribution in [1.82, 2.24) is 4.90 Å². The predicted octanol–water partition coefficient (Wildman–Crippen LogP) is 4.90. The van der Waals surface area contributed by atoms with Gasteiger partial charge in [0, 0.05) is 6.54 Å².